The maximum Gasteiger partial charge on any atom is 0.0690 e. The van der Waals surface area contributed by atoms with Gasteiger partial charge in [0.1, 0.15) is 0 Å². The van der Waals surface area contributed by atoms with Crippen molar-refractivity contribution in [2.24, 2.45) is 17.1 Å². The summed E-state index contributed by atoms with van der Waals surface area (Å²) in [6.07, 6.45) is 5.27. The first-order valence-corrected chi connectivity index (χ1v) is 7.95. The summed E-state index contributed by atoms with van der Waals surface area (Å²) in [7, 11) is 2.22. The van der Waals surface area contributed by atoms with Crippen molar-refractivity contribution in [1.82, 2.24) is 4.90 Å². The summed E-state index contributed by atoms with van der Waals surface area (Å²) in [5.41, 5.74) is 6.86. The summed E-state index contributed by atoms with van der Waals surface area (Å²) in [4.78, 5) is 2.45. The minimum absolute atomic E-state index is 0.0885. The Morgan fingerprint density at radius 2 is 2.11 bits per heavy atom. The van der Waals surface area contributed by atoms with Crippen molar-refractivity contribution < 1.29 is 4.74 Å². The smallest absolute Gasteiger partial charge is 0.0690 e. The minimum Gasteiger partial charge on any atom is -0.377 e. The highest BCUT2D eigenvalue weighted by Crippen LogP contribution is 2.57. The molecule has 0 amide bonds. The van der Waals surface area contributed by atoms with Gasteiger partial charge < -0.3 is 15.4 Å². The normalized spacial score (nSPS) is 38.7. The number of hydrogen-bond acceptors (Lipinski definition) is 3. The third-order valence-electron chi connectivity index (χ3n) is 5.86. The van der Waals surface area contributed by atoms with Crippen molar-refractivity contribution in [3.63, 3.8) is 0 Å². The Bertz CT molecular complexity index is 318. The van der Waals surface area contributed by atoms with Crippen LogP contribution in [0.4, 0.5) is 0 Å². The molecule has 19 heavy (non-hydrogen) atoms. The van der Waals surface area contributed by atoms with Crippen LogP contribution < -0.4 is 5.73 Å². The Kier molecular flexibility index (Phi) is 4.29. The van der Waals surface area contributed by atoms with Gasteiger partial charge >= 0.3 is 0 Å². The van der Waals surface area contributed by atoms with Gasteiger partial charge in [0, 0.05) is 36.1 Å². The van der Waals surface area contributed by atoms with Gasteiger partial charge in [0.15, 0.2) is 0 Å². The molecule has 2 rings (SSSR count). The molecule has 1 heterocycles. The van der Waals surface area contributed by atoms with E-state index in [1.165, 1.54) is 25.7 Å². The van der Waals surface area contributed by atoms with E-state index < -0.39 is 0 Å². The zero-order chi connectivity index (χ0) is 14.3. The van der Waals surface area contributed by atoms with E-state index in [2.05, 4.69) is 39.6 Å². The minimum atomic E-state index is -0.0885. The quantitative estimate of drug-likeness (QED) is 0.833. The number of nitrogens with zero attached hydrogens (tertiary/aromatic N) is 1. The number of likely N-dealkylation sites (N-methyl/N-ethyl adjacent to an activating group) is 1. The van der Waals surface area contributed by atoms with E-state index in [9.17, 15) is 0 Å². The number of ether oxygens (including phenoxy) is 1. The zero-order valence-corrected chi connectivity index (χ0v) is 13.4. The molecule has 1 aliphatic heterocycles. The Labute approximate surface area is 118 Å². The van der Waals surface area contributed by atoms with Crippen LogP contribution in [0.15, 0.2) is 0 Å². The van der Waals surface area contributed by atoms with E-state index in [0.29, 0.717) is 18.1 Å². The molecule has 0 bridgehead atoms. The lowest BCUT2D eigenvalue weighted by atomic mass is 9.46. The number of nitrogens with two attached hydrogens (primary N) is 1. The van der Waals surface area contributed by atoms with Gasteiger partial charge in [0.05, 0.1) is 6.10 Å². The summed E-state index contributed by atoms with van der Waals surface area (Å²) in [6.45, 7) is 11.1. The molecular formula is C16H32N2O. The molecule has 3 nitrogen and oxygen atoms in total. The summed E-state index contributed by atoms with van der Waals surface area (Å²) in [5, 5.41) is 0. The number of rotatable bonds is 5. The molecule has 1 saturated heterocycles. The number of hydrogen-bond donors (Lipinski definition) is 1. The first kappa shape index (κ1) is 15.3. The van der Waals surface area contributed by atoms with Crippen LogP contribution >= 0.6 is 0 Å². The molecular weight excluding hydrogens is 236 g/mol. The van der Waals surface area contributed by atoms with Crippen molar-refractivity contribution in [1.29, 1.82) is 0 Å². The van der Waals surface area contributed by atoms with Crippen LogP contribution in [0.5, 0.6) is 0 Å². The van der Waals surface area contributed by atoms with Gasteiger partial charge in [-0.05, 0) is 33.2 Å². The van der Waals surface area contributed by atoms with Gasteiger partial charge in [0.2, 0.25) is 0 Å². The molecule has 0 spiro atoms. The standard InChI is InChI=1S/C16H32N2O/c1-6-8-12(2)18(5)11-16(17)13-9-7-10-19-14(13)15(16,3)4/h12-14H,6-11,17H2,1-5H3. The second-order valence-corrected chi connectivity index (χ2v) is 7.35. The summed E-state index contributed by atoms with van der Waals surface area (Å²) < 4.78 is 5.98. The highest BCUT2D eigenvalue weighted by Gasteiger charge is 2.66. The first-order chi connectivity index (χ1) is 8.84. The topological polar surface area (TPSA) is 38.5 Å². The van der Waals surface area contributed by atoms with E-state index in [1.54, 1.807) is 0 Å². The molecule has 4 unspecified atom stereocenters. The first-order valence-electron chi connectivity index (χ1n) is 7.95. The number of fused-ring (bicyclic) bond motifs is 1. The Balaban J connectivity index is 2.05. The molecule has 112 valence electrons. The third-order valence-corrected chi connectivity index (χ3v) is 5.86. The highest BCUT2D eigenvalue weighted by atomic mass is 16.5. The van der Waals surface area contributed by atoms with Crippen molar-refractivity contribution in [3.8, 4) is 0 Å². The molecule has 2 aliphatic rings. The van der Waals surface area contributed by atoms with E-state index >= 15 is 0 Å². The Hall–Kier alpha value is -0.120. The Morgan fingerprint density at radius 1 is 1.42 bits per heavy atom. The SMILES string of the molecule is CCCC(C)N(C)CC1(N)C2CCCOC2C1(C)C. The van der Waals surface area contributed by atoms with Gasteiger partial charge in [-0.1, -0.05) is 27.2 Å². The predicted octanol–water partition coefficient (Wildman–Crippen LogP) is 2.64. The average molecular weight is 268 g/mol. The maximum absolute atomic E-state index is 6.85. The van der Waals surface area contributed by atoms with Gasteiger partial charge in [0.25, 0.3) is 0 Å². The fourth-order valence-corrected chi connectivity index (χ4v) is 4.19. The van der Waals surface area contributed by atoms with Crippen molar-refractivity contribution >= 4 is 0 Å². The van der Waals surface area contributed by atoms with Crippen LogP contribution in [0.25, 0.3) is 0 Å². The van der Waals surface area contributed by atoms with Gasteiger partial charge in [-0.15, -0.1) is 0 Å². The van der Waals surface area contributed by atoms with Crippen LogP contribution in [0.1, 0.15) is 53.4 Å². The highest BCUT2D eigenvalue weighted by molar-refractivity contribution is 5.20. The monoisotopic (exact) mass is 268 g/mol. The lowest BCUT2D eigenvalue weighted by molar-refractivity contribution is -0.232. The average Bonchev–Trinajstić information content (AvgIpc) is 2.38. The molecule has 0 aromatic heterocycles. The second kappa shape index (κ2) is 5.34. The van der Waals surface area contributed by atoms with Crippen molar-refractivity contribution in [3.05, 3.63) is 0 Å². The summed E-state index contributed by atoms with van der Waals surface area (Å²) in [5.74, 6) is 0.549. The Morgan fingerprint density at radius 3 is 2.74 bits per heavy atom. The molecule has 2 N–H and O–H groups in total. The van der Waals surface area contributed by atoms with Crippen molar-refractivity contribution in [2.45, 2.75) is 71.1 Å². The summed E-state index contributed by atoms with van der Waals surface area (Å²) in [6, 6.07) is 0.616. The summed E-state index contributed by atoms with van der Waals surface area (Å²) >= 11 is 0. The molecule has 0 aromatic rings. The van der Waals surface area contributed by atoms with Crippen LogP contribution in [0, 0.1) is 11.3 Å². The molecule has 1 saturated carbocycles. The third kappa shape index (κ3) is 2.34. The molecule has 1 aliphatic carbocycles. The van der Waals surface area contributed by atoms with E-state index in [1.807, 2.05) is 0 Å². The van der Waals surface area contributed by atoms with Crippen LogP contribution in [-0.4, -0.2) is 42.8 Å². The molecule has 2 fully saturated rings. The fraction of sp³-hybridized carbons (Fsp3) is 1.00. The molecule has 0 aromatic carbocycles. The van der Waals surface area contributed by atoms with Crippen LogP contribution in [0.2, 0.25) is 0 Å². The molecule has 3 heteroatoms. The zero-order valence-electron chi connectivity index (χ0n) is 13.4. The van der Waals surface area contributed by atoms with Crippen LogP contribution in [-0.2, 0) is 4.74 Å². The van der Waals surface area contributed by atoms with E-state index in [-0.39, 0.29) is 11.0 Å². The van der Waals surface area contributed by atoms with E-state index in [4.69, 9.17) is 10.5 Å². The largest absolute Gasteiger partial charge is 0.377 e. The maximum atomic E-state index is 6.85. The van der Waals surface area contributed by atoms with Crippen LogP contribution in [0.3, 0.4) is 0 Å². The van der Waals surface area contributed by atoms with Gasteiger partial charge in [-0.25, -0.2) is 0 Å². The molecule has 4 atom stereocenters. The lowest BCUT2D eigenvalue weighted by Gasteiger charge is -2.67. The molecule has 0 radical (unpaired) electrons. The van der Waals surface area contributed by atoms with Crippen molar-refractivity contribution in [2.75, 3.05) is 20.2 Å². The lowest BCUT2D eigenvalue weighted by Crippen LogP contribution is -2.80. The van der Waals surface area contributed by atoms with E-state index in [0.717, 1.165) is 13.2 Å². The van der Waals surface area contributed by atoms with Gasteiger partial charge in [-0.2, -0.15) is 0 Å². The predicted molar refractivity (Wildman–Crippen MR) is 80.2 cm³/mol. The second-order valence-electron chi connectivity index (χ2n) is 7.35. The fourth-order valence-electron chi connectivity index (χ4n) is 4.19. The van der Waals surface area contributed by atoms with Gasteiger partial charge in [-0.3, -0.25) is 0 Å².